The molecule has 0 amide bonds. The maximum atomic E-state index is 8.71. The standard InChI is InChI=1S/C11H24N2O2/c1-13(8-11(12)4-6-14)5-7-15-9-10-2-3-10/h10-11,14H,2-9,12H2,1H3. The van der Waals surface area contributed by atoms with Gasteiger partial charge >= 0.3 is 0 Å². The normalized spacial score (nSPS) is 18.4. The fourth-order valence-electron chi connectivity index (χ4n) is 1.50. The summed E-state index contributed by atoms with van der Waals surface area (Å²) >= 11 is 0. The number of aliphatic hydroxyl groups excluding tert-OH is 1. The van der Waals surface area contributed by atoms with Crippen LogP contribution in [0.5, 0.6) is 0 Å². The molecule has 90 valence electrons. The van der Waals surface area contributed by atoms with Crippen molar-refractivity contribution in [2.75, 3.05) is 40.0 Å². The van der Waals surface area contributed by atoms with Crippen molar-refractivity contribution >= 4 is 0 Å². The molecule has 0 heterocycles. The minimum Gasteiger partial charge on any atom is -0.396 e. The lowest BCUT2D eigenvalue weighted by molar-refractivity contribution is 0.101. The van der Waals surface area contributed by atoms with E-state index in [-0.39, 0.29) is 12.6 Å². The summed E-state index contributed by atoms with van der Waals surface area (Å²) in [5.41, 5.74) is 5.81. The van der Waals surface area contributed by atoms with Crippen molar-refractivity contribution in [1.29, 1.82) is 0 Å². The van der Waals surface area contributed by atoms with Gasteiger partial charge in [-0.15, -0.1) is 0 Å². The van der Waals surface area contributed by atoms with Crippen molar-refractivity contribution in [2.45, 2.75) is 25.3 Å². The fraction of sp³-hybridized carbons (Fsp3) is 1.00. The maximum absolute atomic E-state index is 8.71. The molecule has 1 unspecified atom stereocenters. The van der Waals surface area contributed by atoms with Gasteiger partial charge in [0, 0.05) is 32.3 Å². The van der Waals surface area contributed by atoms with Gasteiger partial charge in [-0.25, -0.2) is 0 Å². The first-order valence-corrected chi connectivity index (χ1v) is 5.85. The number of nitrogens with two attached hydrogens (primary N) is 1. The van der Waals surface area contributed by atoms with Gasteiger partial charge in [-0.3, -0.25) is 0 Å². The molecule has 1 atom stereocenters. The van der Waals surface area contributed by atoms with E-state index in [9.17, 15) is 0 Å². The zero-order valence-electron chi connectivity index (χ0n) is 9.69. The van der Waals surface area contributed by atoms with Gasteiger partial charge in [-0.1, -0.05) is 0 Å². The van der Waals surface area contributed by atoms with Crippen LogP contribution in [-0.2, 0) is 4.74 Å². The Bertz CT molecular complexity index is 163. The van der Waals surface area contributed by atoms with E-state index in [4.69, 9.17) is 15.6 Å². The molecule has 0 spiro atoms. The zero-order valence-corrected chi connectivity index (χ0v) is 9.69. The second-order valence-electron chi connectivity index (χ2n) is 4.55. The van der Waals surface area contributed by atoms with Gasteiger partial charge in [0.2, 0.25) is 0 Å². The molecular formula is C11H24N2O2. The maximum Gasteiger partial charge on any atom is 0.0593 e. The highest BCUT2D eigenvalue weighted by molar-refractivity contribution is 4.72. The molecule has 4 heteroatoms. The van der Waals surface area contributed by atoms with Crippen molar-refractivity contribution in [1.82, 2.24) is 4.90 Å². The van der Waals surface area contributed by atoms with Crippen molar-refractivity contribution in [2.24, 2.45) is 11.7 Å². The van der Waals surface area contributed by atoms with Crippen LogP contribution in [-0.4, -0.2) is 56.0 Å². The predicted molar refractivity (Wildman–Crippen MR) is 60.7 cm³/mol. The lowest BCUT2D eigenvalue weighted by Crippen LogP contribution is -2.37. The van der Waals surface area contributed by atoms with E-state index in [1.807, 2.05) is 7.05 Å². The Hall–Kier alpha value is -0.160. The van der Waals surface area contributed by atoms with Gasteiger partial charge in [0.05, 0.1) is 6.61 Å². The number of ether oxygens (including phenoxy) is 1. The summed E-state index contributed by atoms with van der Waals surface area (Å²) in [7, 11) is 2.04. The second-order valence-corrected chi connectivity index (χ2v) is 4.55. The third-order valence-electron chi connectivity index (χ3n) is 2.71. The van der Waals surface area contributed by atoms with E-state index >= 15 is 0 Å². The van der Waals surface area contributed by atoms with E-state index in [1.54, 1.807) is 0 Å². The van der Waals surface area contributed by atoms with Crippen LogP contribution in [0, 0.1) is 5.92 Å². The fourth-order valence-corrected chi connectivity index (χ4v) is 1.50. The topological polar surface area (TPSA) is 58.7 Å². The summed E-state index contributed by atoms with van der Waals surface area (Å²) in [4.78, 5) is 2.16. The summed E-state index contributed by atoms with van der Waals surface area (Å²) in [6.45, 7) is 3.64. The highest BCUT2D eigenvalue weighted by atomic mass is 16.5. The van der Waals surface area contributed by atoms with Gasteiger partial charge in [-0.05, 0) is 32.2 Å². The van der Waals surface area contributed by atoms with E-state index in [0.29, 0.717) is 6.42 Å². The molecule has 1 rings (SSSR count). The van der Waals surface area contributed by atoms with Crippen molar-refractivity contribution in [3.05, 3.63) is 0 Å². The molecule has 1 fully saturated rings. The third kappa shape index (κ3) is 6.84. The van der Waals surface area contributed by atoms with E-state index in [0.717, 1.165) is 32.2 Å². The molecule has 0 aromatic heterocycles. The van der Waals surface area contributed by atoms with Crippen LogP contribution in [0.1, 0.15) is 19.3 Å². The Morgan fingerprint density at radius 1 is 1.53 bits per heavy atom. The molecule has 1 saturated carbocycles. The summed E-state index contributed by atoms with van der Waals surface area (Å²) < 4.78 is 5.54. The molecule has 1 aliphatic rings. The van der Waals surface area contributed by atoms with E-state index in [1.165, 1.54) is 12.8 Å². The molecule has 0 saturated heterocycles. The smallest absolute Gasteiger partial charge is 0.0593 e. The molecule has 3 N–H and O–H groups in total. The number of likely N-dealkylation sites (N-methyl/N-ethyl adjacent to an activating group) is 1. The first-order valence-electron chi connectivity index (χ1n) is 5.85. The second kappa shape index (κ2) is 7.17. The number of hydrogen-bond donors (Lipinski definition) is 2. The number of nitrogens with zero attached hydrogens (tertiary/aromatic N) is 1. The van der Waals surface area contributed by atoms with Gasteiger partial charge in [0.15, 0.2) is 0 Å². The average Bonchev–Trinajstić information content (AvgIpc) is 2.96. The van der Waals surface area contributed by atoms with Crippen LogP contribution >= 0.6 is 0 Å². The number of aliphatic hydroxyl groups is 1. The monoisotopic (exact) mass is 216 g/mol. The summed E-state index contributed by atoms with van der Waals surface area (Å²) in [5, 5.41) is 8.71. The Morgan fingerprint density at radius 3 is 2.87 bits per heavy atom. The van der Waals surface area contributed by atoms with Crippen molar-refractivity contribution in [3.63, 3.8) is 0 Å². The zero-order chi connectivity index (χ0) is 11.1. The van der Waals surface area contributed by atoms with Crippen LogP contribution < -0.4 is 5.73 Å². The van der Waals surface area contributed by atoms with Gasteiger partial charge < -0.3 is 20.5 Å². The highest BCUT2D eigenvalue weighted by Gasteiger charge is 2.20. The minimum absolute atomic E-state index is 0.0726. The van der Waals surface area contributed by atoms with Crippen LogP contribution in [0.4, 0.5) is 0 Å². The molecule has 0 bridgehead atoms. The lowest BCUT2D eigenvalue weighted by Gasteiger charge is -2.20. The molecule has 15 heavy (non-hydrogen) atoms. The largest absolute Gasteiger partial charge is 0.396 e. The minimum atomic E-state index is 0.0726. The van der Waals surface area contributed by atoms with Gasteiger partial charge in [-0.2, -0.15) is 0 Å². The molecule has 0 radical (unpaired) electrons. The summed E-state index contributed by atoms with van der Waals surface area (Å²) in [6, 6.07) is 0.0726. The van der Waals surface area contributed by atoms with Gasteiger partial charge in [0.1, 0.15) is 0 Å². The van der Waals surface area contributed by atoms with Crippen molar-refractivity contribution < 1.29 is 9.84 Å². The number of rotatable bonds is 9. The van der Waals surface area contributed by atoms with Crippen molar-refractivity contribution in [3.8, 4) is 0 Å². The Balaban J connectivity index is 1.89. The van der Waals surface area contributed by atoms with Crippen LogP contribution in [0.15, 0.2) is 0 Å². The Labute approximate surface area is 92.4 Å². The SMILES string of the molecule is CN(CCOCC1CC1)CC(N)CCO. The summed E-state index contributed by atoms with van der Waals surface area (Å²) in [6.07, 6.45) is 3.36. The molecule has 0 aliphatic heterocycles. The van der Waals surface area contributed by atoms with Crippen LogP contribution in [0.3, 0.4) is 0 Å². The highest BCUT2D eigenvalue weighted by Crippen LogP contribution is 2.28. The quantitative estimate of drug-likeness (QED) is 0.535. The summed E-state index contributed by atoms with van der Waals surface area (Å²) in [5.74, 6) is 0.840. The average molecular weight is 216 g/mol. The first-order chi connectivity index (χ1) is 7.22. The molecular weight excluding hydrogens is 192 g/mol. The van der Waals surface area contributed by atoms with Crippen LogP contribution in [0.2, 0.25) is 0 Å². The molecule has 4 nitrogen and oxygen atoms in total. The first kappa shape index (κ1) is 12.9. The Kier molecular flexibility index (Phi) is 6.17. The molecule has 1 aliphatic carbocycles. The van der Waals surface area contributed by atoms with Gasteiger partial charge in [0.25, 0.3) is 0 Å². The molecule has 0 aromatic carbocycles. The third-order valence-corrected chi connectivity index (χ3v) is 2.71. The van der Waals surface area contributed by atoms with E-state index in [2.05, 4.69) is 4.90 Å². The van der Waals surface area contributed by atoms with E-state index < -0.39 is 0 Å². The number of hydrogen-bond acceptors (Lipinski definition) is 4. The predicted octanol–water partition coefficient (Wildman–Crippen LogP) is 0.0545. The lowest BCUT2D eigenvalue weighted by atomic mass is 10.2. The Morgan fingerprint density at radius 2 is 2.27 bits per heavy atom. The van der Waals surface area contributed by atoms with Crippen LogP contribution in [0.25, 0.3) is 0 Å². The molecule has 0 aromatic rings.